The lowest BCUT2D eigenvalue weighted by molar-refractivity contribution is -0.112. The molecule has 1 heterocycles. The van der Waals surface area contributed by atoms with Crippen molar-refractivity contribution in [3.05, 3.63) is 60.4 Å². The Morgan fingerprint density at radius 3 is 2.19 bits per heavy atom. The van der Waals surface area contributed by atoms with Crippen LogP contribution in [0.5, 0.6) is 11.5 Å². The fourth-order valence-electron chi connectivity index (χ4n) is 3.39. The van der Waals surface area contributed by atoms with Crippen molar-refractivity contribution in [2.24, 2.45) is 0 Å². The van der Waals surface area contributed by atoms with Gasteiger partial charge < -0.3 is 29.3 Å². The second-order valence-electron chi connectivity index (χ2n) is 6.92. The van der Waals surface area contributed by atoms with E-state index in [0.717, 1.165) is 18.8 Å². The second kappa shape index (κ2) is 10.4. The number of nitrogens with one attached hydrogen (secondary N) is 1. The molecule has 0 aliphatic carbocycles. The van der Waals surface area contributed by atoms with Gasteiger partial charge in [-0.2, -0.15) is 0 Å². The van der Waals surface area contributed by atoms with Gasteiger partial charge in [-0.1, -0.05) is 0 Å². The fraction of sp³-hybridized carbons (Fsp3) is 0.304. The minimum absolute atomic E-state index is 0.0252. The van der Waals surface area contributed by atoms with Crippen molar-refractivity contribution in [3.8, 4) is 11.5 Å². The molecule has 31 heavy (non-hydrogen) atoms. The minimum atomic E-state index is -0.253. The summed E-state index contributed by atoms with van der Waals surface area (Å²) in [5, 5.41) is 2.77. The van der Waals surface area contributed by atoms with Gasteiger partial charge in [0, 0.05) is 49.2 Å². The Labute approximate surface area is 182 Å². The molecule has 0 aromatic heterocycles. The topological polar surface area (TPSA) is 80.3 Å². The lowest BCUT2D eigenvalue weighted by atomic mass is 10.1. The molecule has 2 aromatic carbocycles. The van der Waals surface area contributed by atoms with Crippen molar-refractivity contribution in [1.29, 1.82) is 0 Å². The Morgan fingerprint density at radius 1 is 0.903 bits per heavy atom. The quantitative estimate of drug-likeness (QED) is 0.543. The molecule has 1 aliphatic heterocycles. The van der Waals surface area contributed by atoms with E-state index < -0.39 is 0 Å². The Kier molecular flexibility index (Phi) is 7.37. The van der Waals surface area contributed by atoms with E-state index in [0.29, 0.717) is 35.8 Å². The highest BCUT2D eigenvalue weighted by Crippen LogP contribution is 2.28. The van der Waals surface area contributed by atoms with E-state index >= 15 is 0 Å². The molecule has 164 valence electrons. The van der Waals surface area contributed by atoms with E-state index in [-0.39, 0.29) is 11.8 Å². The van der Waals surface area contributed by atoms with Crippen LogP contribution >= 0.6 is 0 Å². The molecule has 0 radical (unpaired) electrons. The molecule has 2 amide bonds. The van der Waals surface area contributed by atoms with Crippen LogP contribution in [-0.2, 0) is 9.53 Å². The van der Waals surface area contributed by atoms with Crippen LogP contribution in [0.4, 0.5) is 11.4 Å². The molecule has 1 aliphatic rings. The summed E-state index contributed by atoms with van der Waals surface area (Å²) in [5.74, 6) is 0.856. The number of hydrogen-bond acceptors (Lipinski definition) is 6. The second-order valence-corrected chi connectivity index (χ2v) is 6.92. The summed E-state index contributed by atoms with van der Waals surface area (Å²) in [4.78, 5) is 28.7. The van der Waals surface area contributed by atoms with Gasteiger partial charge in [-0.05, 0) is 42.5 Å². The van der Waals surface area contributed by atoms with Gasteiger partial charge in [0.2, 0.25) is 0 Å². The molecule has 1 N–H and O–H groups in total. The molecular formula is C23H27N3O5. The number of rotatable bonds is 7. The molecular weight excluding hydrogens is 398 g/mol. The SMILES string of the molecule is CO/C=C/C(=O)Nc1ccc(N2CCN(C(=O)c3ccc(OC)c(OC)c3)CC2)cc1. The Hall–Kier alpha value is -3.68. The third-order valence-corrected chi connectivity index (χ3v) is 5.05. The van der Waals surface area contributed by atoms with Crippen molar-refractivity contribution in [1.82, 2.24) is 4.90 Å². The van der Waals surface area contributed by atoms with Crippen LogP contribution in [0.1, 0.15) is 10.4 Å². The smallest absolute Gasteiger partial charge is 0.254 e. The number of carbonyl (C=O) groups excluding carboxylic acids is 2. The van der Waals surface area contributed by atoms with Crippen LogP contribution in [0.15, 0.2) is 54.8 Å². The number of methoxy groups -OCH3 is 3. The Bertz CT molecular complexity index is 935. The van der Waals surface area contributed by atoms with E-state index in [4.69, 9.17) is 14.2 Å². The maximum absolute atomic E-state index is 12.9. The van der Waals surface area contributed by atoms with Gasteiger partial charge in [0.25, 0.3) is 11.8 Å². The lowest BCUT2D eigenvalue weighted by Crippen LogP contribution is -2.48. The Morgan fingerprint density at radius 2 is 1.58 bits per heavy atom. The van der Waals surface area contributed by atoms with Crippen molar-refractivity contribution in [2.45, 2.75) is 0 Å². The first-order valence-electron chi connectivity index (χ1n) is 9.92. The highest BCUT2D eigenvalue weighted by atomic mass is 16.5. The number of amides is 2. The van der Waals surface area contributed by atoms with E-state index in [1.807, 2.05) is 29.2 Å². The first-order chi connectivity index (χ1) is 15.0. The lowest BCUT2D eigenvalue weighted by Gasteiger charge is -2.36. The fourth-order valence-corrected chi connectivity index (χ4v) is 3.39. The normalized spacial score (nSPS) is 13.8. The standard InChI is InChI=1S/C23H27N3O5/c1-29-15-10-22(27)24-18-5-7-19(8-6-18)25-11-13-26(14-12-25)23(28)17-4-9-20(30-2)21(16-17)31-3/h4-10,15-16H,11-14H2,1-3H3,(H,24,27)/b15-10+. The summed E-state index contributed by atoms with van der Waals surface area (Å²) in [5.41, 5.74) is 2.33. The van der Waals surface area contributed by atoms with Crippen LogP contribution in [-0.4, -0.2) is 64.2 Å². The monoisotopic (exact) mass is 425 g/mol. The van der Waals surface area contributed by atoms with Crippen molar-refractivity contribution < 1.29 is 23.8 Å². The summed E-state index contributed by atoms with van der Waals surface area (Å²) in [6.45, 7) is 2.68. The van der Waals surface area contributed by atoms with Crippen LogP contribution in [0, 0.1) is 0 Å². The number of carbonyl (C=O) groups is 2. The van der Waals surface area contributed by atoms with Crippen LogP contribution < -0.4 is 19.7 Å². The summed E-state index contributed by atoms with van der Waals surface area (Å²) in [6, 6.07) is 12.8. The van der Waals surface area contributed by atoms with Gasteiger partial charge in [-0.3, -0.25) is 9.59 Å². The summed E-state index contributed by atoms with van der Waals surface area (Å²) < 4.78 is 15.3. The maximum Gasteiger partial charge on any atom is 0.254 e. The number of piperazine rings is 1. The first-order valence-corrected chi connectivity index (χ1v) is 9.92. The van der Waals surface area contributed by atoms with Crippen LogP contribution in [0.25, 0.3) is 0 Å². The van der Waals surface area contributed by atoms with E-state index in [1.54, 1.807) is 32.4 Å². The first kappa shape index (κ1) is 22.0. The molecule has 3 rings (SSSR count). The summed E-state index contributed by atoms with van der Waals surface area (Å²) in [7, 11) is 4.61. The largest absolute Gasteiger partial charge is 0.504 e. The Balaban J connectivity index is 1.57. The number of ether oxygens (including phenoxy) is 3. The summed E-state index contributed by atoms with van der Waals surface area (Å²) in [6.07, 6.45) is 2.65. The predicted molar refractivity (Wildman–Crippen MR) is 119 cm³/mol. The molecule has 1 fully saturated rings. The molecule has 1 saturated heterocycles. The highest BCUT2D eigenvalue weighted by molar-refractivity contribution is 5.99. The zero-order chi connectivity index (χ0) is 22.2. The zero-order valence-corrected chi connectivity index (χ0v) is 18.0. The van der Waals surface area contributed by atoms with Crippen LogP contribution in [0.3, 0.4) is 0 Å². The average molecular weight is 425 g/mol. The van der Waals surface area contributed by atoms with Gasteiger partial charge in [0.05, 0.1) is 27.6 Å². The number of benzene rings is 2. The van der Waals surface area contributed by atoms with E-state index in [1.165, 1.54) is 19.4 Å². The van der Waals surface area contributed by atoms with Crippen molar-refractivity contribution in [2.75, 3.05) is 57.7 Å². The predicted octanol–water partition coefficient (Wildman–Crippen LogP) is 2.76. The van der Waals surface area contributed by atoms with E-state index in [9.17, 15) is 9.59 Å². The van der Waals surface area contributed by atoms with Crippen molar-refractivity contribution >= 4 is 23.2 Å². The van der Waals surface area contributed by atoms with Gasteiger partial charge >= 0.3 is 0 Å². The highest BCUT2D eigenvalue weighted by Gasteiger charge is 2.23. The van der Waals surface area contributed by atoms with Gasteiger partial charge in [-0.25, -0.2) is 0 Å². The molecule has 8 heteroatoms. The number of anilines is 2. The van der Waals surface area contributed by atoms with Gasteiger partial charge in [0.1, 0.15) is 0 Å². The van der Waals surface area contributed by atoms with E-state index in [2.05, 4.69) is 10.2 Å². The molecule has 0 atom stereocenters. The summed E-state index contributed by atoms with van der Waals surface area (Å²) >= 11 is 0. The van der Waals surface area contributed by atoms with Gasteiger partial charge in [0.15, 0.2) is 11.5 Å². The molecule has 0 unspecified atom stereocenters. The van der Waals surface area contributed by atoms with Crippen molar-refractivity contribution in [3.63, 3.8) is 0 Å². The third-order valence-electron chi connectivity index (χ3n) is 5.05. The van der Waals surface area contributed by atoms with Gasteiger partial charge in [-0.15, -0.1) is 0 Å². The zero-order valence-electron chi connectivity index (χ0n) is 18.0. The molecule has 0 spiro atoms. The number of nitrogens with zero attached hydrogens (tertiary/aromatic N) is 2. The number of hydrogen-bond donors (Lipinski definition) is 1. The van der Waals surface area contributed by atoms with Crippen LogP contribution in [0.2, 0.25) is 0 Å². The molecule has 0 bridgehead atoms. The molecule has 0 saturated carbocycles. The maximum atomic E-state index is 12.9. The molecule has 2 aromatic rings. The molecule has 8 nitrogen and oxygen atoms in total. The minimum Gasteiger partial charge on any atom is -0.504 e. The average Bonchev–Trinajstić information content (AvgIpc) is 2.82. The third kappa shape index (κ3) is 5.48.